The molecule has 13 heavy (non-hydrogen) atoms. The third-order valence-electron chi connectivity index (χ3n) is 1.68. The third-order valence-corrected chi connectivity index (χ3v) is 1.68. The number of halogens is 1. The van der Waals surface area contributed by atoms with Crippen LogP contribution in [-0.2, 0) is 6.42 Å². The van der Waals surface area contributed by atoms with Crippen molar-refractivity contribution in [3.63, 3.8) is 0 Å². The molecule has 68 valence electrons. The Bertz CT molecular complexity index is 357. The largest absolute Gasteiger partial charge is 0.504 e. The second kappa shape index (κ2) is 3.87. The quantitative estimate of drug-likeness (QED) is 0.710. The van der Waals surface area contributed by atoms with E-state index < -0.39 is 11.6 Å². The number of phenolic OH excluding ortho intramolecular Hbond substituents is 1. The van der Waals surface area contributed by atoms with Crippen LogP contribution in [0.4, 0.5) is 4.39 Å². The lowest BCUT2D eigenvalue weighted by Crippen LogP contribution is -2.03. The van der Waals surface area contributed by atoms with Crippen molar-refractivity contribution in [2.45, 2.75) is 6.42 Å². The Balaban J connectivity index is 3.16. The average molecular weight is 180 g/mol. The predicted octanol–water partition coefficient (Wildman–Crippen LogP) is 0.904. The molecule has 0 aliphatic rings. The molecule has 0 atom stereocenters. The van der Waals surface area contributed by atoms with Gasteiger partial charge in [0.1, 0.15) is 6.07 Å². The van der Waals surface area contributed by atoms with E-state index >= 15 is 0 Å². The van der Waals surface area contributed by atoms with E-state index in [-0.39, 0.29) is 5.56 Å². The summed E-state index contributed by atoms with van der Waals surface area (Å²) in [6.07, 6.45) is 0.492. The Labute approximate surface area is 75.2 Å². The number of hydrogen-bond acceptors (Lipinski definition) is 3. The first kappa shape index (κ1) is 9.49. The monoisotopic (exact) mass is 180 g/mol. The average Bonchev–Trinajstić information content (AvgIpc) is 2.11. The van der Waals surface area contributed by atoms with Crippen LogP contribution in [0, 0.1) is 17.1 Å². The molecule has 0 radical (unpaired) electrons. The van der Waals surface area contributed by atoms with Gasteiger partial charge in [0.25, 0.3) is 0 Å². The molecule has 0 spiro atoms. The molecule has 0 fully saturated rings. The van der Waals surface area contributed by atoms with Gasteiger partial charge in [0.05, 0.1) is 5.56 Å². The van der Waals surface area contributed by atoms with Crippen LogP contribution in [0.5, 0.6) is 5.75 Å². The van der Waals surface area contributed by atoms with Gasteiger partial charge in [-0.3, -0.25) is 0 Å². The van der Waals surface area contributed by atoms with Gasteiger partial charge in [0, 0.05) is 0 Å². The lowest BCUT2D eigenvalue weighted by molar-refractivity contribution is 0.430. The van der Waals surface area contributed by atoms with Crippen molar-refractivity contribution < 1.29 is 9.50 Å². The molecule has 0 aliphatic carbocycles. The number of nitriles is 1. The third kappa shape index (κ3) is 1.95. The Hall–Kier alpha value is -1.60. The van der Waals surface area contributed by atoms with Crippen molar-refractivity contribution in [1.82, 2.24) is 0 Å². The minimum Gasteiger partial charge on any atom is -0.504 e. The van der Waals surface area contributed by atoms with Crippen LogP contribution in [-0.4, -0.2) is 11.7 Å². The predicted molar refractivity (Wildman–Crippen MR) is 45.5 cm³/mol. The summed E-state index contributed by atoms with van der Waals surface area (Å²) < 4.78 is 12.9. The van der Waals surface area contributed by atoms with Crippen LogP contribution in [0.3, 0.4) is 0 Å². The number of hydrogen-bond donors (Lipinski definition) is 2. The van der Waals surface area contributed by atoms with E-state index in [9.17, 15) is 4.39 Å². The van der Waals surface area contributed by atoms with Crippen LogP contribution < -0.4 is 5.73 Å². The molecule has 0 saturated heterocycles. The summed E-state index contributed by atoms with van der Waals surface area (Å²) in [7, 11) is 0. The fourth-order valence-corrected chi connectivity index (χ4v) is 1.05. The maximum Gasteiger partial charge on any atom is 0.169 e. The molecular formula is C9H9FN2O. The van der Waals surface area contributed by atoms with E-state index in [0.717, 1.165) is 0 Å². The minimum absolute atomic E-state index is 0.0524. The summed E-state index contributed by atoms with van der Waals surface area (Å²) in [5.74, 6) is -1.37. The van der Waals surface area contributed by atoms with Crippen molar-refractivity contribution in [3.05, 3.63) is 29.1 Å². The molecule has 0 aliphatic heterocycles. The van der Waals surface area contributed by atoms with E-state index in [1.807, 2.05) is 0 Å². The van der Waals surface area contributed by atoms with Crippen molar-refractivity contribution in [2.24, 2.45) is 5.73 Å². The maximum atomic E-state index is 12.9. The molecule has 3 nitrogen and oxygen atoms in total. The molecule has 0 unspecified atom stereocenters. The van der Waals surface area contributed by atoms with E-state index in [1.165, 1.54) is 12.1 Å². The first-order chi connectivity index (χ1) is 6.19. The summed E-state index contributed by atoms with van der Waals surface area (Å²) in [5, 5.41) is 17.6. The van der Waals surface area contributed by atoms with E-state index in [0.29, 0.717) is 18.5 Å². The summed E-state index contributed by atoms with van der Waals surface area (Å²) in [5.41, 5.74) is 5.84. The van der Waals surface area contributed by atoms with Gasteiger partial charge in [-0.2, -0.15) is 5.26 Å². The zero-order valence-electron chi connectivity index (χ0n) is 6.92. The van der Waals surface area contributed by atoms with Crippen molar-refractivity contribution in [2.75, 3.05) is 6.54 Å². The highest BCUT2D eigenvalue weighted by atomic mass is 19.1. The van der Waals surface area contributed by atoms with Gasteiger partial charge in [-0.1, -0.05) is 0 Å². The van der Waals surface area contributed by atoms with Crippen LogP contribution in [0.25, 0.3) is 0 Å². The second-order valence-electron chi connectivity index (χ2n) is 2.62. The van der Waals surface area contributed by atoms with Crippen molar-refractivity contribution >= 4 is 0 Å². The van der Waals surface area contributed by atoms with Gasteiger partial charge in [-0.05, 0) is 30.7 Å². The van der Waals surface area contributed by atoms with Crippen LogP contribution in [0.15, 0.2) is 12.1 Å². The van der Waals surface area contributed by atoms with Gasteiger partial charge in [-0.15, -0.1) is 0 Å². The fourth-order valence-electron chi connectivity index (χ4n) is 1.05. The summed E-state index contributed by atoms with van der Waals surface area (Å²) in [4.78, 5) is 0. The first-order valence-corrected chi connectivity index (χ1v) is 3.80. The fraction of sp³-hybridized carbons (Fsp3) is 0.222. The van der Waals surface area contributed by atoms with Crippen molar-refractivity contribution in [1.29, 1.82) is 5.26 Å². The van der Waals surface area contributed by atoms with Crippen LogP contribution in [0.2, 0.25) is 0 Å². The van der Waals surface area contributed by atoms with Crippen LogP contribution >= 0.6 is 0 Å². The van der Waals surface area contributed by atoms with Crippen molar-refractivity contribution in [3.8, 4) is 11.8 Å². The molecule has 0 amide bonds. The van der Waals surface area contributed by atoms with E-state index in [2.05, 4.69) is 0 Å². The highest BCUT2D eigenvalue weighted by Crippen LogP contribution is 2.22. The molecular weight excluding hydrogens is 171 g/mol. The summed E-state index contributed by atoms with van der Waals surface area (Å²) in [6.45, 7) is 0.384. The number of aromatic hydroxyl groups is 1. The summed E-state index contributed by atoms with van der Waals surface area (Å²) >= 11 is 0. The maximum absolute atomic E-state index is 12.9. The minimum atomic E-state index is -0.775. The van der Waals surface area contributed by atoms with Gasteiger partial charge in [0.2, 0.25) is 0 Å². The topological polar surface area (TPSA) is 70.0 Å². The molecule has 1 rings (SSSR count). The Morgan fingerprint density at radius 2 is 2.23 bits per heavy atom. The molecule has 0 saturated carbocycles. The lowest BCUT2D eigenvalue weighted by Gasteiger charge is -2.02. The first-order valence-electron chi connectivity index (χ1n) is 3.80. The molecule has 0 bridgehead atoms. The van der Waals surface area contributed by atoms with Gasteiger partial charge in [-0.25, -0.2) is 4.39 Å². The standard InChI is InChI=1S/C9H9FN2O/c10-8-4-6(1-2-11)3-7(5-12)9(8)13/h3-4,13H,1-2,11H2. The highest BCUT2D eigenvalue weighted by molar-refractivity contribution is 5.45. The molecule has 0 aromatic heterocycles. The van der Waals surface area contributed by atoms with Gasteiger partial charge < -0.3 is 10.8 Å². The number of nitrogens with zero attached hydrogens (tertiary/aromatic N) is 1. The second-order valence-corrected chi connectivity index (χ2v) is 2.62. The number of phenols is 1. The van der Waals surface area contributed by atoms with E-state index in [1.54, 1.807) is 6.07 Å². The smallest absolute Gasteiger partial charge is 0.169 e. The zero-order valence-corrected chi connectivity index (χ0v) is 6.92. The molecule has 4 heteroatoms. The highest BCUT2D eigenvalue weighted by Gasteiger charge is 2.08. The lowest BCUT2D eigenvalue weighted by atomic mass is 10.1. The number of benzene rings is 1. The normalized spacial score (nSPS) is 9.62. The Kier molecular flexibility index (Phi) is 2.83. The Morgan fingerprint density at radius 1 is 1.54 bits per heavy atom. The number of rotatable bonds is 2. The van der Waals surface area contributed by atoms with E-state index in [4.69, 9.17) is 16.1 Å². The molecule has 1 aromatic rings. The Morgan fingerprint density at radius 3 is 2.77 bits per heavy atom. The zero-order chi connectivity index (χ0) is 9.84. The summed E-state index contributed by atoms with van der Waals surface area (Å²) in [6, 6.07) is 4.32. The van der Waals surface area contributed by atoms with Gasteiger partial charge >= 0.3 is 0 Å². The molecule has 1 aromatic carbocycles. The van der Waals surface area contributed by atoms with Crippen LogP contribution in [0.1, 0.15) is 11.1 Å². The number of nitrogens with two attached hydrogens (primary N) is 1. The molecule has 0 heterocycles. The SMILES string of the molecule is N#Cc1cc(CCN)cc(F)c1O. The molecule has 3 N–H and O–H groups in total. The van der Waals surface area contributed by atoms with Gasteiger partial charge in [0.15, 0.2) is 11.6 Å².